The maximum absolute atomic E-state index is 14.4. The molecule has 5 aromatic rings. The molecule has 0 aliphatic carbocycles. The second kappa shape index (κ2) is 10.9. The minimum Gasteiger partial charge on any atom is -0.452 e. The molecule has 0 saturated carbocycles. The van der Waals surface area contributed by atoms with Gasteiger partial charge in [-0.1, -0.05) is 30.3 Å². The number of ether oxygens (including phenoxy) is 1. The molecule has 0 spiro atoms. The molecule has 0 bridgehead atoms. The number of amides is 1. The van der Waals surface area contributed by atoms with Crippen molar-refractivity contribution in [3.63, 3.8) is 0 Å². The van der Waals surface area contributed by atoms with Crippen molar-refractivity contribution in [3.8, 4) is 5.95 Å². The van der Waals surface area contributed by atoms with Crippen molar-refractivity contribution in [1.82, 2.24) is 24.7 Å². The first kappa shape index (κ1) is 28.2. The van der Waals surface area contributed by atoms with E-state index in [0.717, 1.165) is 41.1 Å². The third-order valence-electron chi connectivity index (χ3n) is 6.27. The Balaban J connectivity index is 1.55. The first-order valence-electron chi connectivity index (χ1n) is 12.2. The maximum atomic E-state index is 14.4. The number of rotatable bonds is 6. The van der Waals surface area contributed by atoms with Crippen molar-refractivity contribution in [2.24, 2.45) is 0 Å². The van der Waals surface area contributed by atoms with Crippen LogP contribution in [0.5, 0.6) is 0 Å². The van der Waals surface area contributed by atoms with Crippen LogP contribution in [0.3, 0.4) is 0 Å². The van der Waals surface area contributed by atoms with Crippen LogP contribution in [0.25, 0.3) is 17.0 Å². The van der Waals surface area contributed by atoms with Crippen LogP contribution in [-0.4, -0.2) is 37.9 Å². The Morgan fingerprint density at radius 3 is 2.31 bits per heavy atom. The first-order valence-corrected chi connectivity index (χ1v) is 12.2. The van der Waals surface area contributed by atoms with Gasteiger partial charge in [0.15, 0.2) is 11.6 Å². The van der Waals surface area contributed by atoms with Crippen LogP contribution < -0.4 is 16.4 Å². The third-order valence-corrected chi connectivity index (χ3v) is 6.27. The lowest BCUT2D eigenvalue weighted by Crippen LogP contribution is -2.32. The van der Waals surface area contributed by atoms with E-state index < -0.39 is 29.5 Å². The van der Waals surface area contributed by atoms with Gasteiger partial charge in [-0.25, -0.2) is 18.6 Å². The van der Waals surface area contributed by atoms with E-state index >= 15 is 0 Å². The number of nitrogen functional groups attached to an aromatic ring is 2. The molecule has 0 saturated heterocycles. The molecule has 2 aromatic carbocycles. The highest BCUT2D eigenvalue weighted by Gasteiger charge is 2.31. The second-order valence-electron chi connectivity index (χ2n) is 9.04. The molecular formula is C27H21F5N8O2. The number of carbonyl (C=O) groups is 1. The summed E-state index contributed by atoms with van der Waals surface area (Å²) in [6.07, 6.45) is -4.47. The van der Waals surface area contributed by atoms with Crippen molar-refractivity contribution in [3.05, 3.63) is 94.8 Å². The summed E-state index contributed by atoms with van der Waals surface area (Å²) in [6, 6.07) is 11.3. The van der Waals surface area contributed by atoms with E-state index in [1.807, 2.05) is 0 Å². The number of nitrogens with zero attached hydrogens (tertiary/aromatic N) is 6. The molecule has 15 heteroatoms. The summed E-state index contributed by atoms with van der Waals surface area (Å²) >= 11 is 0. The van der Waals surface area contributed by atoms with Gasteiger partial charge in [-0.05, 0) is 29.3 Å². The average Bonchev–Trinajstić information content (AvgIpc) is 3.29. The molecule has 5 rings (SSSR count). The SMILES string of the molecule is COC(=O)N(Cc1ccc(C(F)(F)F)cc1)c1c(N)nc(-n2nc(Cc3ccccc3F)c3ncc(F)cc32)nc1N. The lowest BCUT2D eigenvalue weighted by atomic mass is 10.1. The van der Waals surface area contributed by atoms with Gasteiger partial charge in [-0.3, -0.25) is 4.90 Å². The zero-order valence-corrected chi connectivity index (χ0v) is 21.7. The largest absolute Gasteiger partial charge is 0.452 e. The van der Waals surface area contributed by atoms with Gasteiger partial charge in [-0.15, -0.1) is 0 Å². The Morgan fingerprint density at radius 2 is 1.69 bits per heavy atom. The van der Waals surface area contributed by atoms with Crippen molar-refractivity contribution in [2.45, 2.75) is 19.1 Å². The molecule has 10 nitrogen and oxygen atoms in total. The Bertz CT molecular complexity index is 1770. The Kier molecular flexibility index (Phi) is 7.33. The van der Waals surface area contributed by atoms with Crippen LogP contribution in [-0.2, 0) is 23.9 Å². The smallest absolute Gasteiger partial charge is 0.416 e. The van der Waals surface area contributed by atoms with E-state index in [2.05, 4.69) is 20.1 Å². The molecule has 42 heavy (non-hydrogen) atoms. The molecule has 0 aliphatic heterocycles. The van der Waals surface area contributed by atoms with Gasteiger partial charge < -0.3 is 16.2 Å². The zero-order valence-electron chi connectivity index (χ0n) is 21.7. The summed E-state index contributed by atoms with van der Waals surface area (Å²) in [7, 11) is 1.10. The summed E-state index contributed by atoms with van der Waals surface area (Å²) < 4.78 is 73.5. The molecule has 0 fully saturated rings. The highest BCUT2D eigenvalue weighted by Crippen LogP contribution is 2.33. The molecule has 0 aliphatic rings. The van der Waals surface area contributed by atoms with E-state index in [-0.39, 0.29) is 47.3 Å². The molecular weight excluding hydrogens is 563 g/mol. The molecule has 0 radical (unpaired) electrons. The number of alkyl halides is 3. The Morgan fingerprint density at radius 1 is 1.02 bits per heavy atom. The lowest BCUT2D eigenvalue weighted by Gasteiger charge is -2.23. The minimum atomic E-state index is -4.54. The van der Waals surface area contributed by atoms with Gasteiger partial charge in [0.2, 0.25) is 0 Å². The number of nitrogens with two attached hydrogens (primary N) is 2. The van der Waals surface area contributed by atoms with Crippen LogP contribution in [0.4, 0.5) is 44.1 Å². The van der Waals surface area contributed by atoms with Crippen LogP contribution in [0, 0.1) is 11.6 Å². The molecule has 1 amide bonds. The number of pyridine rings is 1. The average molecular weight is 585 g/mol. The highest BCUT2D eigenvalue weighted by atomic mass is 19.4. The van der Waals surface area contributed by atoms with E-state index in [1.165, 1.54) is 18.2 Å². The standard InChI is InChI=1S/C27H21F5N8O2/c1-42-26(41)39(13-14-6-8-16(9-7-14)27(30,31)32)22-23(33)36-25(37-24(22)34)40-20-11-17(28)12-35-21(20)19(38-40)10-15-4-2-3-5-18(15)29/h2-9,11-12H,10,13H2,1H3,(H4,33,34,36,37). The van der Waals surface area contributed by atoms with Crippen LogP contribution in [0.2, 0.25) is 0 Å². The van der Waals surface area contributed by atoms with Crippen LogP contribution in [0.1, 0.15) is 22.4 Å². The van der Waals surface area contributed by atoms with Gasteiger partial charge in [0, 0.05) is 12.5 Å². The van der Waals surface area contributed by atoms with Gasteiger partial charge in [-0.2, -0.15) is 32.9 Å². The number of aromatic nitrogens is 5. The van der Waals surface area contributed by atoms with Crippen molar-refractivity contribution in [1.29, 1.82) is 0 Å². The maximum Gasteiger partial charge on any atom is 0.416 e. The number of benzene rings is 2. The zero-order chi connectivity index (χ0) is 30.2. The number of hydrogen-bond donors (Lipinski definition) is 2. The molecule has 0 atom stereocenters. The van der Waals surface area contributed by atoms with E-state index in [1.54, 1.807) is 18.2 Å². The quantitative estimate of drug-likeness (QED) is 0.265. The normalized spacial score (nSPS) is 11.6. The topological polar surface area (TPSA) is 138 Å². The van der Waals surface area contributed by atoms with Gasteiger partial charge in [0.1, 0.15) is 22.8 Å². The van der Waals surface area contributed by atoms with Crippen LogP contribution >= 0.6 is 0 Å². The van der Waals surface area contributed by atoms with Gasteiger partial charge >= 0.3 is 12.3 Å². The monoisotopic (exact) mass is 584 g/mol. The number of anilines is 3. The Labute approximate surface area is 234 Å². The number of methoxy groups -OCH3 is 1. The summed E-state index contributed by atoms with van der Waals surface area (Å²) in [5.41, 5.74) is 12.7. The molecule has 3 heterocycles. The fourth-order valence-electron chi connectivity index (χ4n) is 4.30. The van der Waals surface area contributed by atoms with Gasteiger partial charge in [0.05, 0.1) is 36.6 Å². The fourth-order valence-corrected chi connectivity index (χ4v) is 4.30. The predicted octanol–water partition coefficient (Wildman–Crippen LogP) is 5.04. The number of halogens is 5. The molecule has 216 valence electrons. The highest BCUT2D eigenvalue weighted by molar-refractivity contribution is 5.95. The van der Waals surface area contributed by atoms with Gasteiger partial charge in [0.25, 0.3) is 5.95 Å². The van der Waals surface area contributed by atoms with Crippen molar-refractivity contribution >= 4 is 34.4 Å². The number of fused-ring (bicyclic) bond motifs is 1. The third kappa shape index (κ3) is 5.48. The van der Waals surface area contributed by atoms with Crippen LogP contribution in [0.15, 0.2) is 60.8 Å². The van der Waals surface area contributed by atoms with E-state index in [0.29, 0.717) is 16.8 Å². The summed E-state index contributed by atoms with van der Waals surface area (Å²) in [5.74, 6) is -1.97. The summed E-state index contributed by atoms with van der Waals surface area (Å²) in [4.78, 5) is 26.2. The van der Waals surface area contributed by atoms with E-state index in [4.69, 9.17) is 16.2 Å². The number of carbonyl (C=O) groups excluding carboxylic acids is 1. The first-order chi connectivity index (χ1) is 20.0. The minimum absolute atomic E-state index is 0.0150. The Hall–Kier alpha value is -5.34. The molecule has 3 aromatic heterocycles. The van der Waals surface area contributed by atoms with Crippen molar-refractivity contribution < 1.29 is 31.5 Å². The van der Waals surface area contributed by atoms with E-state index in [9.17, 15) is 26.7 Å². The summed E-state index contributed by atoms with van der Waals surface area (Å²) in [5, 5.41) is 4.43. The predicted molar refractivity (Wildman–Crippen MR) is 142 cm³/mol. The number of hydrogen-bond acceptors (Lipinski definition) is 8. The molecule has 4 N–H and O–H groups in total. The second-order valence-corrected chi connectivity index (χ2v) is 9.04. The van der Waals surface area contributed by atoms with Crippen molar-refractivity contribution in [2.75, 3.05) is 23.5 Å². The fraction of sp³-hybridized carbons (Fsp3) is 0.148. The lowest BCUT2D eigenvalue weighted by molar-refractivity contribution is -0.137. The molecule has 0 unspecified atom stereocenters. The summed E-state index contributed by atoms with van der Waals surface area (Å²) in [6.45, 7) is -0.283.